The number of rotatable bonds is 7. The molecule has 34 heavy (non-hydrogen) atoms. The molecule has 16 heteroatoms. The number of aliphatic hydroxyl groups is 11. The molecule has 0 saturated carbocycles. The van der Waals surface area contributed by atoms with Gasteiger partial charge in [-0.2, -0.15) is 0 Å². The maximum atomic E-state index is 10.6. The largest absolute Gasteiger partial charge is 0.394 e. The number of hydrogen-bond donors (Lipinski definition) is 11. The van der Waals surface area contributed by atoms with Gasteiger partial charge in [-0.1, -0.05) is 0 Å². The molecule has 0 aromatic rings. The molecule has 200 valence electrons. The van der Waals surface area contributed by atoms with Crippen LogP contribution in [-0.2, 0) is 23.7 Å². The summed E-state index contributed by atoms with van der Waals surface area (Å²) < 4.78 is 26.4. The lowest BCUT2D eigenvalue weighted by Crippen LogP contribution is -2.66. The first-order valence-corrected chi connectivity index (χ1v) is 10.6. The second kappa shape index (κ2) is 11.6. The molecule has 3 saturated heterocycles. The maximum absolute atomic E-state index is 10.6. The quantitative estimate of drug-likeness (QED) is 0.154. The summed E-state index contributed by atoms with van der Waals surface area (Å²) in [6, 6.07) is 0. The number of aliphatic hydroxyl groups excluding tert-OH is 11. The summed E-state index contributed by atoms with van der Waals surface area (Å²) >= 11 is 0. The average molecular weight is 504 g/mol. The number of ether oxygens (including phenoxy) is 5. The highest BCUT2D eigenvalue weighted by Crippen LogP contribution is 2.32. The van der Waals surface area contributed by atoms with Crippen LogP contribution in [0.5, 0.6) is 0 Å². The van der Waals surface area contributed by atoms with Crippen LogP contribution in [0, 0.1) is 0 Å². The van der Waals surface area contributed by atoms with Crippen molar-refractivity contribution in [3.8, 4) is 0 Å². The van der Waals surface area contributed by atoms with E-state index < -0.39 is 112 Å². The first-order chi connectivity index (χ1) is 16.0. The van der Waals surface area contributed by atoms with E-state index in [1.165, 1.54) is 0 Å². The molecule has 11 N–H and O–H groups in total. The van der Waals surface area contributed by atoms with Crippen LogP contribution in [0.3, 0.4) is 0 Å². The molecule has 3 rings (SSSR count). The van der Waals surface area contributed by atoms with E-state index in [2.05, 4.69) is 0 Å². The van der Waals surface area contributed by atoms with E-state index in [1.54, 1.807) is 0 Å². The van der Waals surface area contributed by atoms with E-state index in [0.717, 1.165) is 0 Å². The van der Waals surface area contributed by atoms with Gasteiger partial charge in [0.15, 0.2) is 18.9 Å². The van der Waals surface area contributed by atoms with Gasteiger partial charge in [0.1, 0.15) is 73.2 Å². The molecule has 3 aliphatic rings. The van der Waals surface area contributed by atoms with E-state index >= 15 is 0 Å². The average Bonchev–Trinajstić information content (AvgIpc) is 2.83. The van der Waals surface area contributed by atoms with E-state index in [-0.39, 0.29) is 0 Å². The van der Waals surface area contributed by atoms with Gasteiger partial charge in [-0.25, -0.2) is 0 Å². The Kier molecular flexibility index (Phi) is 9.54. The van der Waals surface area contributed by atoms with Gasteiger partial charge < -0.3 is 79.9 Å². The van der Waals surface area contributed by atoms with Crippen molar-refractivity contribution >= 4 is 0 Å². The van der Waals surface area contributed by atoms with Crippen LogP contribution >= 0.6 is 0 Å². The molecular weight excluding hydrogens is 472 g/mol. The minimum Gasteiger partial charge on any atom is -0.394 e. The Balaban J connectivity index is 1.72. The standard InChI is InChI=1S/C18H32O16/c19-1-4-7(22)8(23)12(27)17(31-4)34-15-6(3-21)32-18(13(28)10(15)25)33-14-5(2-20)30-16(29)11(26)9(14)24/h4-29H,1-3H2/t4-,5-,6-,7-,8+,9-,10-,11-,12-,13-,14-,15-,16-,17-,18+/m1/s1. The zero-order chi connectivity index (χ0) is 25.3. The van der Waals surface area contributed by atoms with Crippen molar-refractivity contribution < 1.29 is 79.9 Å². The Bertz CT molecular complexity index is 635. The van der Waals surface area contributed by atoms with Crippen LogP contribution in [0.1, 0.15) is 0 Å². The fourth-order valence-electron chi connectivity index (χ4n) is 4.06. The summed E-state index contributed by atoms with van der Waals surface area (Å²) in [5.41, 5.74) is 0. The van der Waals surface area contributed by atoms with Crippen molar-refractivity contribution in [2.45, 2.75) is 92.1 Å². The molecule has 3 heterocycles. The van der Waals surface area contributed by atoms with Gasteiger partial charge in [0.2, 0.25) is 0 Å². The molecule has 15 atom stereocenters. The Morgan fingerprint density at radius 1 is 0.441 bits per heavy atom. The molecule has 0 aromatic heterocycles. The molecular formula is C18H32O16. The smallest absolute Gasteiger partial charge is 0.187 e. The summed E-state index contributed by atoms with van der Waals surface area (Å²) in [7, 11) is 0. The summed E-state index contributed by atoms with van der Waals surface area (Å²) in [6.45, 7) is -2.32. The highest BCUT2D eigenvalue weighted by molar-refractivity contribution is 4.96. The van der Waals surface area contributed by atoms with Gasteiger partial charge in [0.25, 0.3) is 0 Å². The van der Waals surface area contributed by atoms with Crippen molar-refractivity contribution in [3.05, 3.63) is 0 Å². The molecule has 0 unspecified atom stereocenters. The minimum atomic E-state index is -1.91. The first kappa shape index (κ1) is 27.9. The van der Waals surface area contributed by atoms with Crippen LogP contribution in [0.15, 0.2) is 0 Å². The van der Waals surface area contributed by atoms with E-state index in [0.29, 0.717) is 0 Å². The lowest BCUT2D eigenvalue weighted by Gasteiger charge is -2.47. The fraction of sp³-hybridized carbons (Fsp3) is 1.00. The third-order valence-electron chi connectivity index (χ3n) is 6.09. The van der Waals surface area contributed by atoms with Crippen LogP contribution in [0.25, 0.3) is 0 Å². The Hall–Kier alpha value is -0.640. The van der Waals surface area contributed by atoms with Crippen LogP contribution in [-0.4, -0.2) is 168 Å². The topological polar surface area (TPSA) is 269 Å². The predicted molar refractivity (Wildman–Crippen MR) is 101 cm³/mol. The second-order valence-electron chi connectivity index (χ2n) is 8.33. The fourth-order valence-corrected chi connectivity index (χ4v) is 4.06. The Labute approximate surface area is 192 Å². The SMILES string of the molecule is OC[C@H]1O[C@H](O[C@H]2[C@H](O)[C@@H](O)[C@H](O[C@H]3[C@H](O)[C@@H](O)[C@H](O)O[C@@H]3CO)O[C@@H]2CO)[C@H](O)[C@@H](O)[C@@H]1O. The minimum absolute atomic E-state index is 0.741. The molecule has 0 radical (unpaired) electrons. The zero-order valence-electron chi connectivity index (χ0n) is 17.7. The lowest BCUT2D eigenvalue weighted by molar-refractivity contribution is -0.377. The van der Waals surface area contributed by atoms with E-state index in [4.69, 9.17) is 23.7 Å². The molecule has 3 fully saturated rings. The molecule has 0 aromatic carbocycles. The molecule has 0 spiro atoms. The summed E-state index contributed by atoms with van der Waals surface area (Å²) in [4.78, 5) is 0. The normalized spacial score (nSPS) is 52.5. The van der Waals surface area contributed by atoms with Crippen molar-refractivity contribution in [2.24, 2.45) is 0 Å². The van der Waals surface area contributed by atoms with Gasteiger partial charge in [-0.15, -0.1) is 0 Å². The van der Waals surface area contributed by atoms with Crippen LogP contribution in [0.4, 0.5) is 0 Å². The maximum Gasteiger partial charge on any atom is 0.187 e. The predicted octanol–water partition coefficient (Wildman–Crippen LogP) is -7.57. The van der Waals surface area contributed by atoms with Gasteiger partial charge in [0, 0.05) is 0 Å². The monoisotopic (exact) mass is 504 g/mol. The lowest BCUT2D eigenvalue weighted by atomic mass is 9.96. The van der Waals surface area contributed by atoms with Crippen LogP contribution < -0.4 is 0 Å². The molecule has 16 nitrogen and oxygen atoms in total. The third-order valence-corrected chi connectivity index (χ3v) is 6.09. The van der Waals surface area contributed by atoms with Gasteiger partial charge in [-0.05, 0) is 0 Å². The molecule has 0 aliphatic carbocycles. The van der Waals surface area contributed by atoms with E-state index in [9.17, 15) is 56.2 Å². The summed E-state index contributed by atoms with van der Waals surface area (Å²) in [6.07, 6.45) is -25.1. The van der Waals surface area contributed by atoms with Gasteiger partial charge in [-0.3, -0.25) is 0 Å². The highest BCUT2D eigenvalue weighted by atomic mass is 16.8. The second-order valence-corrected chi connectivity index (χ2v) is 8.33. The number of hydrogen-bond acceptors (Lipinski definition) is 16. The van der Waals surface area contributed by atoms with Gasteiger partial charge in [0.05, 0.1) is 19.8 Å². The zero-order valence-corrected chi connectivity index (χ0v) is 17.7. The van der Waals surface area contributed by atoms with Crippen LogP contribution in [0.2, 0.25) is 0 Å². The van der Waals surface area contributed by atoms with Crippen molar-refractivity contribution in [1.29, 1.82) is 0 Å². The summed E-state index contributed by atoms with van der Waals surface area (Å²) in [5, 5.41) is 109. The molecule has 0 amide bonds. The molecule has 3 aliphatic heterocycles. The highest BCUT2D eigenvalue weighted by Gasteiger charge is 2.53. The molecule has 0 bridgehead atoms. The van der Waals surface area contributed by atoms with Crippen molar-refractivity contribution in [2.75, 3.05) is 19.8 Å². The summed E-state index contributed by atoms with van der Waals surface area (Å²) in [5.74, 6) is 0. The first-order valence-electron chi connectivity index (χ1n) is 10.6. The van der Waals surface area contributed by atoms with Crippen molar-refractivity contribution in [1.82, 2.24) is 0 Å². The van der Waals surface area contributed by atoms with Crippen molar-refractivity contribution in [3.63, 3.8) is 0 Å². The van der Waals surface area contributed by atoms with Gasteiger partial charge >= 0.3 is 0 Å². The third kappa shape index (κ3) is 5.37. The Morgan fingerprint density at radius 3 is 1.35 bits per heavy atom. The Morgan fingerprint density at radius 2 is 0.853 bits per heavy atom. The van der Waals surface area contributed by atoms with E-state index in [1.807, 2.05) is 0 Å².